The average molecular weight is 535 g/mol. The SMILES string of the molecule is COC(=O)C1C(c2ccccc2)[C@]2(c3ccc(OCc4ccccc4)cc3)Oc3cc(C)cc(C)c3[C@@]1(O)C2=O. The third-order valence-electron chi connectivity index (χ3n) is 8.15. The van der Waals surface area contributed by atoms with Crippen LogP contribution in [0.5, 0.6) is 11.5 Å². The summed E-state index contributed by atoms with van der Waals surface area (Å²) in [4.78, 5) is 28.1. The molecule has 2 bridgehead atoms. The molecule has 1 aliphatic heterocycles. The lowest BCUT2D eigenvalue weighted by Gasteiger charge is -2.40. The number of fused-ring (bicyclic) bond motifs is 4. The van der Waals surface area contributed by atoms with Crippen LogP contribution in [-0.2, 0) is 32.1 Å². The predicted molar refractivity (Wildman–Crippen MR) is 149 cm³/mol. The molecule has 4 aromatic rings. The molecule has 1 aliphatic carbocycles. The molecule has 4 atom stereocenters. The Morgan fingerprint density at radius 1 is 0.925 bits per heavy atom. The van der Waals surface area contributed by atoms with Crippen molar-refractivity contribution in [1.29, 1.82) is 0 Å². The average Bonchev–Trinajstić information content (AvgIpc) is 3.09. The number of rotatable bonds is 6. The maximum Gasteiger partial charge on any atom is 0.313 e. The summed E-state index contributed by atoms with van der Waals surface area (Å²) in [6, 6.07) is 29.9. The van der Waals surface area contributed by atoms with Gasteiger partial charge in [-0.05, 0) is 54.3 Å². The third-order valence-corrected chi connectivity index (χ3v) is 8.15. The van der Waals surface area contributed by atoms with Gasteiger partial charge in [0.1, 0.15) is 24.0 Å². The number of aryl methyl sites for hydroxylation is 2. The molecule has 0 radical (unpaired) electrons. The Hall–Kier alpha value is -4.42. The molecule has 0 spiro atoms. The number of ether oxygens (including phenoxy) is 3. The molecule has 202 valence electrons. The van der Waals surface area contributed by atoms with Gasteiger partial charge in [0.25, 0.3) is 0 Å². The lowest BCUT2D eigenvalue weighted by Crippen LogP contribution is -2.51. The summed E-state index contributed by atoms with van der Waals surface area (Å²) in [6.07, 6.45) is 0. The molecule has 6 rings (SSSR count). The van der Waals surface area contributed by atoms with Crippen LogP contribution in [-0.4, -0.2) is 24.0 Å². The molecule has 0 amide bonds. The van der Waals surface area contributed by atoms with Crippen LogP contribution in [0.1, 0.15) is 39.3 Å². The monoisotopic (exact) mass is 534 g/mol. The molecule has 1 fully saturated rings. The van der Waals surface area contributed by atoms with Crippen LogP contribution >= 0.6 is 0 Å². The summed E-state index contributed by atoms with van der Waals surface area (Å²) in [5.74, 6) is -2.34. The van der Waals surface area contributed by atoms with E-state index in [1.807, 2.05) is 86.6 Å². The lowest BCUT2D eigenvalue weighted by atomic mass is 9.75. The van der Waals surface area contributed by atoms with Gasteiger partial charge < -0.3 is 19.3 Å². The van der Waals surface area contributed by atoms with Gasteiger partial charge in [-0.1, -0.05) is 78.9 Å². The highest BCUT2D eigenvalue weighted by Crippen LogP contribution is 2.65. The van der Waals surface area contributed by atoms with E-state index in [4.69, 9.17) is 14.2 Å². The molecule has 4 aromatic carbocycles. The summed E-state index contributed by atoms with van der Waals surface area (Å²) in [5, 5.41) is 12.4. The number of carbonyl (C=O) groups is 2. The van der Waals surface area contributed by atoms with Gasteiger partial charge in [-0.15, -0.1) is 0 Å². The predicted octanol–water partition coefficient (Wildman–Crippen LogP) is 5.51. The van der Waals surface area contributed by atoms with E-state index in [9.17, 15) is 14.7 Å². The van der Waals surface area contributed by atoms with Crippen molar-refractivity contribution < 1.29 is 28.9 Å². The van der Waals surface area contributed by atoms with Gasteiger partial charge in [0.05, 0.1) is 13.0 Å². The largest absolute Gasteiger partial charge is 0.489 e. The highest BCUT2D eigenvalue weighted by Gasteiger charge is 2.76. The van der Waals surface area contributed by atoms with Crippen molar-refractivity contribution in [1.82, 2.24) is 0 Å². The van der Waals surface area contributed by atoms with Gasteiger partial charge in [0.2, 0.25) is 11.4 Å². The van der Waals surface area contributed by atoms with Gasteiger partial charge >= 0.3 is 5.97 Å². The Balaban J connectivity index is 1.53. The second kappa shape index (κ2) is 9.65. The molecule has 1 heterocycles. The van der Waals surface area contributed by atoms with Crippen LogP contribution in [0.15, 0.2) is 97.1 Å². The molecule has 0 aromatic heterocycles. The molecule has 6 nitrogen and oxygen atoms in total. The van der Waals surface area contributed by atoms with E-state index >= 15 is 0 Å². The zero-order valence-electron chi connectivity index (χ0n) is 22.6. The van der Waals surface area contributed by atoms with Crippen molar-refractivity contribution in [3.63, 3.8) is 0 Å². The zero-order chi connectivity index (χ0) is 28.1. The number of hydrogen-bond donors (Lipinski definition) is 1. The van der Waals surface area contributed by atoms with E-state index in [1.54, 1.807) is 24.3 Å². The topological polar surface area (TPSA) is 82.1 Å². The fourth-order valence-corrected chi connectivity index (χ4v) is 6.52. The van der Waals surface area contributed by atoms with Crippen LogP contribution in [0.4, 0.5) is 0 Å². The molecule has 2 aliphatic rings. The van der Waals surface area contributed by atoms with E-state index in [1.165, 1.54) is 7.11 Å². The molecule has 40 heavy (non-hydrogen) atoms. The van der Waals surface area contributed by atoms with Gasteiger partial charge in [-0.2, -0.15) is 0 Å². The Morgan fingerprint density at radius 2 is 1.57 bits per heavy atom. The van der Waals surface area contributed by atoms with Crippen molar-refractivity contribution in [2.45, 2.75) is 37.6 Å². The van der Waals surface area contributed by atoms with E-state index < -0.39 is 34.8 Å². The smallest absolute Gasteiger partial charge is 0.313 e. The van der Waals surface area contributed by atoms with Crippen LogP contribution in [0.3, 0.4) is 0 Å². The standard InChI is InChI=1S/C34H30O6/c1-21-18-22(2)28-27(19-21)40-34(25-14-16-26(17-15-25)39-20-23-10-6-4-7-11-23)29(24-12-8-5-9-13-24)30(31(35)38-3)33(28,37)32(34)36/h4-19,29-30,37H,20H2,1-3H3/t29?,30?,33-,34-/m0/s1. The summed E-state index contributed by atoms with van der Waals surface area (Å²) < 4.78 is 18.0. The summed E-state index contributed by atoms with van der Waals surface area (Å²) in [5.41, 5.74) is 0.314. The van der Waals surface area contributed by atoms with Gasteiger partial charge in [0, 0.05) is 11.1 Å². The van der Waals surface area contributed by atoms with E-state index in [0.29, 0.717) is 40.4 Å². The Kier molecular flexibility index (Phi) is 6.23. The Bertz CT molecular complexity index is 1580. The number of hydrogen-bond acceptors (Lipinski definition) is 6. The summed E-state index contributed by atoms with van der Waals surface area (Å²) >= 11 is 0. The highest BCUT2D eigenvalue weighted by atomic mass is 16.5. The third kappa shape index (κ3) is 3.74. The molecular weight excluding hydrogens is 504 g/mol. The number of esters is 1. The van der Waals surface area contributed by atoms with Crippen molar-refractivity contribution in [2.24, 2.45) is 5.92 Å². The lowest BCUT2D eigenvalue weighted by molar-refractivity contribution is -0.162. The normalized spacial score (nSPS) is 24.6. The zero-order valence-corrected chi connectivity index (χ0v) is 22.6. The molecule has 1 saturated carbocycles. The van der Waals surface area contributed by atoms with Gasteiger partial charge in [-0.25, -0.2) is 0 Å². The van der Waals surface area contributed by atoms with Crippen LogP contribution < -0.4 is 9.47 Å². The Labute approximate surface area is 233 Å². The number of benzene rings is 4. The first-order valence-electron chi connectivity index (χ1n) is 13.3. The minimum Gasteiger partial charge on any atom is -0.489 e. The first kappa shape index (κ1) is 25.8. The summed E-state index contributed by atoms with van der Waals surface area (Å²) in [6.45, 7) is 4.14. The van der Waals surface area contributed by atoms with Crippen molar-refractivity contribution in [3.05, 3.63) is 130 Å². The number of aliphatic hydroxyl groups is 1. The van der Waals surface area contributed by atoms with E-state index in [2.05, 4.69) is 0 Å². The number of carbonyl (C=O) groups excluding carboxylic acids is 2. The molecule has 2 unspecified atom stereocenters. The molecular formula is C34H30O6. The Morgan fingerprint density at radius 3 is 2.23 bits per heavy atom. The van der Waals surface area contributed by atoms with Crippen LogP contribution in [0.2, 0.25) is 0 Å². The minimum absolute atomic E-state index is 0.315. The number of ketones is 1. The van der Waals surface area contributed by atoms with Crippen LogP contribution in [0.25, 0.3) is 0 Å². The number of methoxy groups -OCH3 is 1. The van der Waals surface area contributed by atoms with Crippen molar-refractivity contribution in [3.8, 4) is 11.5 Å². The van der Waals surface area contributed by atoms with Crippen LogP contribution in [0, 0.1) is 19.8 Å². The molecule has 6 heteroatoms. The number of Topliss-reactive ketones (excluding diaryl/α,β-unsaturated/α-hetero) is 1. The quantitative estimate of drug-likeness (QED) is 0.329. The van der Waals surface area contributed by atoms with Gasteiger partial charge in [-0.3, -0.25) is 9.59 Å². The summed E-state index contributed by atoms with van der Waals surface area (Å²) in [7, 11) is 1.27. The fourth-order valence-electron chi connectivity index (χ4n) is 6.52. The van der Waals surface area contributed by atoms with Gasteiger partial charge in [0.15, 0.2) is 5.60 Å². The highest BCUT2D eigenvalue weighted by molar-refractivity contribution is 6.07. The van der Waals surface area contributed by atoms with E-state index in [-0.39, 0.29) is 0 Å². The van der Waals surface area contributed by atoms with Crippen molar-refractivity contribution >= 4 is 11.8 Å². The van der Waals surface area contributed by atoms with Crippen molar-refractivity contribution in [2.75, 3.05) is 7.11 Å². The van der Waals surface area contributed by atoms with E-state index in [0.717, 1.165) is 11.1 Å². The second-order valence-electron chi connectivity index (χ2n) is 10.6. The minimum atomic E-state index is -2.15. The molecule has 0 saturated heterocycles. The second-order valence-corrected chi connectivity index (χ2v) is 10.6. The maximum atomic E-state index is 14.6. The first-order chi connectivity index (χ1) is 19.3. The first-order valence-corrected chi connectivity index (χ1v) is 13.3. The fraction of sp³-hybridized carbons (Fsp3) is 0.235. The molecule has 1 N–H and O–H groups in total. The maximum absolute atomic E-state index is 14.6.